The van der Waals surface area contributed by atoms with Gasteiger partial charge >= 0.3 is 0 Å². The van der Waals surface area contributed by atoms with Crippen molar-refractivity contribution in [2.75, 3.05) is 0 Å². The summed E-state index contributed by atoms with van der Waals surface area (Å²) in [5.74, 6) is -0.378. The van der Waals surface area contributed by atoms with Crippen molar-refractivity contribution in [2.24, 2.45) is 0 Å². The summed E-state index contributed by atoms with van der Waals surface area (Å²) in [6.45, 7) is 0.782. The maximum Gasteiger partial charge on any atom is 0.244 e. The van der Waals surface area contributed by atoms with Crippen LogP contribution < -0.4 is 10.6 Å². The molecule has 0 heterocycles. The van der Waals surface area contributed by atoms with Gasteiger partial charge in [-0.2, -0.15) is 0 Å². The van der Waals surface area contributed by atoms with Gasteiger partial charge in [-0.3, -0.25) is 9.59 Å². The van der Waals surface area contributed by atoms with Crippen LogP contribution in [0.1, 0.15) is 22.3 Å². The van der Waals surface area contributed by atoms with Gasteiger partial charge in [-0.25, -0.2) is 0 Å². The third kappa shape index (κ3) is 8.06. The second-order valence-electron chi connectivity index (χ2n) is 7.03. The van der Waals surface area contributed by atoms with E-state index in [9.17, 15) is 9.59 Å². The van der Waals surface area contributed by atoms with Crippen molar-refractivity contribution in [3.8, 4) is 0 Å². The molecular weight excluding hydrogens is 443 g/mol. The van der Waals surface area contributed by atoms with E-state index >= 15 is 0 Å². The largest absolute Gasteiger partial charge is 0.348 e. The number of nitrogens with one attached hydrogen (secondary N) is 2. The van der Waals surface area contributed by atoms with Gasteiger partial charge in [0.1, 0.15) is 0 Å². The van der Waals surface area contributed by atoms with Crippen LogP contribution in [0.2, 0.25) is 10.0 Å². The third-order valence-electron chi connectivity index (χ3n) is 4.52. The first-order chi connectivity index (χ1) is 15.5. The van der Waals surface area contributed by atoms with E-state index in [4.69, 9.17) is 23.2 Å². The van der Waals surface area contributed by atoms with Crippen molar-refractivity contribution in [1.82, 2.24) is 10.6 Å². The average Bonchev–Trinajstić information content (AvgIpc) is 2.81. The number of carbonyl (C=O) groups excluding carboxylic acids is 2. The van der Waals surface area contributed by atoms with Gasteiger partial charge in [0, 0.05) is 35.3 Å². The predicted molar refractivity (Wildman–Crippen MR) is 131 cm³/mol. The second-order valence-corrected chi connectivity index (χ2v) is 7.90. The normalized spacial score (nSPS) is 11.1. The zero-order chi connectivity index (χ0) is 22.8. The number of benzene rings is 3. The molecule has 0 radical (unpaired) electrons. The molecule has 3 aromatic carbocycles. The number of rotatable bonds is 8. The smallest absolute Gasteiger partial charge is 0.244 e. The molecule has 4 nitrogen and oxygen atoms in total. The van der Waals surface area contributed by atoms with Gasteiger partial charge in [0.25, 0.3) is 0 Å². The Morgan fingerprint density at radius 1 is 0.656 bits per heavy atom. The van der Waals surface area contributed by atoms with Crippen LogP contribution in [0.15, 0.2) is 84.9 Å². The zero-order valence-corrected chi connectivity index (χ0v) is 18.7. The molecule has 0 unspecified atom stereocenters. The van der Waals surface area contributed by atoms with Gasteiger partial charge in [0.05, 0.1) is 0 Å². The van der Waals surface area contributed by atoms with E-state index in [0.717, 1.165) is 22.3 Å². The van der Waals surface area contributed by atoms with Crippen LogP contribution >= 0.6 is 23.2 Å². The van der Waals surface area contributed by atoms with Crippen LogP contribution in [-0.4, -0.2) is 11.8 Å². The van der Waals surface area contributed by atoms with Crippen LogP contribution in [0.5, 0.6) is 0 Å². The van der Waals surface area contributed by atoms with E-state index in [0.29, 0.717) is 23.1 Å². The highest BCUT2D eigenvalue weighted by Crippen LogP contribution is 2.11. The Bertz CT molecular complexity index is 1030. The summed E-state index contributed by atoms with van der Waals surface area (Å²) in [6, 6.07) is 22.2. The Hall–Kier alpha value is -3.34. The molecule has 0 fully saturated rings. The van der Waals surface area contributed by atoms with Crippen LogP contribution in [0.3, 0.4) is 0 Å². The monoisotopic (exact) mass is 464 g/mol. The molecule has 0 saturated heterocycles. The zero-order valence-electron chi connectivity index (χ0n) is 17.2. The molecule has 0 aliphatic rings. The molecule has 0 aliphatic carbocycles. The SMILES string of the molecule is O=C(/C=C\c1ccc(Cl)cc1)NCc1cccc(CNC(=O)/C=C/c2ccc(Cl)cc2)c1. The second kappa shape index (κ2) is 11.9. The van der Waals surface area contributed by atoms with Crippen LogP contribution in [0.4, 0.5) is 0 Å². The molecule has 32 heavy (non-hydrogen) atoms. The number of halogens is 2. The lowest BCUT2D eigenvalue weighted by Gasteiger charge is -2.07. The Balaban J connectivity index is 1.46. The molecule has 0 saturated carbocycles. The van der Waals surface area contributed by atoms with Crippen molar-refractivity contribution < 1.29 is 9.59 Å². The Morgan fingerprint density at radius 3 is 1.47 bits per heavy atom. The van der Waals surface area contributed by atoms with Crippen molar-refractivity contribution in [1.29, 1.82) is 0 Å². The van der Waals surface area contributed by atoms with E-state index in [2.05, 4.69) is 10.6 Å². The maximum atomic E-state index is 12.1. The number of hydrogen-bond donors (Lipinski definition) is 2. The molecule has 3 rings (SSSR count). The highest BCUT2D eigenvalue weighted by atomic mass is 35.5. The standard InChI is InChI=1S/C26H22Cl2N2O2/c27-23-10-4-19(5-11-23)8-14-25(31)29-17-21-2-1-3-22(16-21)18-30-26(32)15-9-20-6-12-24(28)13-7-20/h1-16H,17-18H2,(H,29,31)(H,30,32)/b14-8-,15-9+. The number of hydrogen-bond acceptors (Lipinski definition) is 2. The minimum absolute atomic E-state index is 0.189. The van der Waals surface area contributed by atoms with E-state index in [-0.39, 0.29) is 11.8 Å². The summed E-state index contributed by atoms with van der Waals surface area (Å²) in [6.07, 6.45) is 6.44. The van der Waals surface area contributed by atoms with E-state index in [1.54, 1.807) is 36.4 Å². The first kappa shape index (κ1) is 23.3. The van der Waals surface area contributed by atoms with Gasteiger partial charge in [0.2, 0.25) is 11.8 Å². The lowest BCUT2D eigenvalue weighted by molar-refractivity contribution is -0.117. The predicted octanol–water partition coefficient (Wildman–Crippen LogP) is 5.65. The quantitative estimate of drug-likeness (QED) is 0.423. The van der Waals surface area contributed by atoms with Crippen LogP contribution in [0, 0.1) is 0 Å². The summed E-state index contributed by atoms with van der Waals surface area (Å²) in [5, 5.41) is 7.02. The number of amides is 2. The Kier molecular flexibility index (Phi) is 8.67. The van der Waals surface area contributed by atoms with Crippen molar-refractivity contribution >= 4 is 47.2 Å². The van der Waals surface area contributed by atoms with Crippen molar-refractivity contribution in [3.63, 3.8) is 0 Å². The Morgan fingerprint density at radius 2 is 1.06 bits per heavy atom. The van der Waals surface area contributed by atoms with E-state index < -0.39 is 0 Å². The molecule has 3 aromatic rings. The molecule has 2 N–H and O–H groups in total. The van der Waals surface area contributed by atoms with Gasteiger partial charge in [-0.1, -0.05) is 71.7 Å². The lowest BCUT2D eigenvalue weighted by Crippen LogP contribution is -2.21. The third-order valence-corrected chi connectivity index (χ3v) is 5.02. The molecule has 0 spiro atoms. The van der Waals surface area contributed by atoms with Crippen LogP contribution in [-0.2, 0) is 22.7 Å². The minimum atomic E-state index is -0.189. The first-order valence-corrected chi connectivity index (χ1v) is 10.7. The van der Waals surface area contributed by atoms with Gasteiger partial charge in [-0.15, -0.1) is 0 Å². The summed E-state index contributed by atoms with van der Waals surface area (Å²) < 4.78 is 0. The fourth-order valence-corrected chi connectivity index (χ4v) is 3.09. The summed E-state index contributed by atoms with van der Waals surface area (Å²) in [7, 11) is 0. The summed E-state index contributed by atoms with van der Waals surface area (Å²) in [4.78, 5) is 24.1. The Labute approximate surface area is 197 Å². The molecule has 162 valence electrons. The molecule has 0 aromatic heterocycles. The topological polar surface area (TPSA) is 58.2 Å². The first-order valence-electron chi connectivity index (χ1n) is 9.99. The molecule has 6 heteroatoms. The highest BCUT2D eigenvalue weighted by Gasteiger charge is 2.01. The highest BCUT2D eigenvalue weighted by molar-refractivity contribution is 6.30. The van der Waals surface area contributed by atoms with Crippen LogP contribution in [0.25, 0.3) is 12.2 Å². The fraction of sp³-hybridized carbons (Fsp3) is 0.0769. The van der Waals surface area contributed by atoms with Crippen molar-refractivity contribution in [2.45, 2.75) is 13.1 Å². The summed E-state index contributed by atoms with van der Waals surface area (Å²) in [5.41, 5.74) is 3.68. The molecule has 0 atom stereocenters. The van der Waals surface area contributed by atoms with Gasteiger partial charge in [0.15, 0.2) is 0 Å². The fourth-order valence-electron chi connectivity index (χ4n) is 2.84. The minimum Gasteiger partial charge on any atom is -0.348 e. The maximum absolute atomic E-state index is 12.1. The number of carbonyl (C=O) groups is 2. The lowest BCUT2D eigenvalue weighted by atomic mass is 10.1. The van der Waals surface area contributed by atoms with Crippen molar-refractivity contribution in [3.05, 3.63) is 117 Å². The average molecular weight is 465 g/mol. The van der Waals surface area contributed by atoms with E-state index in [1.165, 1.54) is 12.2 Å². The molecule has 2 amide bonds. The van der Waals surface area contributed by atoms with Gasteiger partial charge < -0.3 is 10.6 Å². The molecule has 0 bridgehead atoms. The van der Waals surface area contributed by atoms with E-state index in [1.807, 2.05) is 48.5 Å². The summed E-state index contributed by atoms with van der Waals surface area (Å²) >= 11 is 11.7. The van der Waals surface area contributed by atoms with Gasteiger partial charge in [-0.05, 0) is 58.7 Å². The molecule has 0 aliphatic heterocycles. The molecular formula is C26H22Cl2N2O2.